The van der Waals surface area contributed by atoms with Gasteiger partial charge in [0.05, 0.1) is 5.69 Å². The van der Waals surface area contributed by atoms with E-state index in [0.29, 0.717) is 48.3 Å². The molecule has 0 unspecified atom stereocenters. The fraction of sp³-hybridized carbons (Fsp3) is 0.273. The quantitative estimate of drug-likeness (QED) is 0.658. The fourth-order valence-corrected chi connectivity index (χ4v) is 3.77. The van der Waals surface area contributed by atoms with Crippen molar-refractivity contribution in [2.75, 3.05) is 31.1 Å². The molecule has 1 fully saturated rings. The topological polar surface area (TPSA) is 82.2 Å². The maximum atomic E-state index is 14.0. The molecule has 1 amide bonds. The molecule has 1 aliphatic rings. The van der Waals surface area contributed by atoms with Crippen LogP contribution in [-0.2, 0) is 11.2 Å². The molecule has 0 radical (unpaired) electrons. The molecular formula is C22H21ClFN5O2. The van der Waals surface area contributed by atoms with Crippen LogP contribution in [0.25, 0.3) is 11.4 Å². The first kappa shape index (κ1) is 21.0. The summed E-state index contributed by atoms with van der Waals surface area (Å²) in [6, 6.07) is 13.6. The van der Waals surface area contributed by atoms with Crippen molar-refractivity contribution in [3.05, 3.63) is 75.4 Å². The molecule has 0 aliphatic carbocycles. The van der Waals surface area contributed by atoms with Gasteiger partial charge in [-0.3, -0.25) is 9.59 Å². The van der Waals surface area contributed by atoms with Crippen LogP contribution in [0.15, 0.2) is 53.3 Å². The smallest absolute Gasteiger partial charge is 0.273 e. The molecule has 2 heterocycles. The van der Waals surface area contributed by atoms with Crippen molar-refractivity contribution in [3.8, 4) is 11.4 Å². The lowest BCUT2D eigenvalue weighted by Crippen LogP contribution is -2.49. The predicted octanol–water partition coefficient (Wildman–Crippen LogP) is 2.91. The molecule has 1 aliphatic heterocycles. The van der Waals surface area contributed by atoms with E-state index in [1.54, 1.807) is 47.4 Å². The maximum Gasteiger partial charge on any atom is 0.273 e. The Labute approximate surface area is 183 Å². The Hall–Kier alpha value is -3.26. The number of benzene rings is 2. The molecule has 160 valence electrons. The zero-order valence-electron chi connectivity index (χ0n) is 16.7. The first-order valence-electron chi connectivity index (χ1n) is 10.0. The average molecular weight is 442 g/mol. The van der Waals surface area contributed by atoms with Gasteiger partial charge >= 0.3 is 0 Å². The van der Waals surface area contributed by atoms with Crippen molar-refractivity contribution in [1.82, 2.24) is 20.1 Å². The van der Waals surface area contributed by atoms with Crippen LogP contribution < -0.4 is 10.5 Å². The van der Waals surface area contributed by atoms with Gasteiger partial charge in [0.15, 0.2) is 5.82 Å². The lowest BCUT2D eigenvalue weighted by molar-refractivity contribution is -0.131. The minimum absolute atomic E-state index is 0.0618. The molecule has 1 N–H and O–H groups in total. The number of hydrogen-bond donors (Lipinski definition) is 1. The summed E-state index contributed by atoms with van der Waals surface area (Å²) in [5.41, 5.74) is 1.05. The van der Waals surface area contributed by atoms with Crippen molar-refractivity contribution in [2.24, 2.45) is 0 Å². The number of amides is 1. The Morgan fingerprint density at radius 2 is 1.84 bits per heavy atom. The van der Waals surface area contributed by atoms with Gasteiger partial charge in [0.1, 0.15) is 11.5 Å². The van der Waals surface area contributed by atoms with Crippen LogP contribution in [0, 0.1) is 5.82 Å². The number of para-hydroxylation sites is 1. The lowest BCUT2D eigenvalue weighted by atomic mass is 10.2. The molecule has 1 saturated heterocycles. The summed E-state index contributed by atoms with van der Waals surface area (Å²) >= 11 is 5.97. The van der Waals surface area contributed by atoms with E-state index < -0.39 is 0 Å². The second kappa shape index (κ2) is 9.26. The first-order valence-corrected chi connectivity index (χ1v) is 10.4. The standard InChI is InChI=1S/C22H21ClFN5O2/c23-16-5-3-4-15(14-16)21-25-22(31)18(26-27-21)8-9-20(30)29-12-10-28(11-13-29)19-7-2-1-6-17(19)24/h1-7,14H,8-13H2,(H,25,27,31). The highest BCUT2D eigenvalue weighted by atomic mass is 35.5. The summed E-state index contributed by atoms with van der Waals surface area (Å²) in [4.78, 5) is 31.3. The van der Waals surface area contributed by atoms with Crippen molar-refractivity contribution in [2.45, 2.75) is 12.8 Å². The zero-order valence-corrected chi connectivity index (χ0v) is 17.5. The summed E-state index contributed by atoms with van der Waals surface area (Å²) in [5, 5.41) is 8.60. The summed E-state index contributed by atoms with van der Waals surface area (Å²) in [5.74, 6) is 0.00133. The summed E-state index contributed by atoms with van der Waals surface area (Å²) in [6.45, 7) is 2.12. The van der Waals surface area contributed by atoms with Crippen LogP contribution in [0.3, 0.4) is 0 Å². The SMILES string of the molecule is O=C(CCc1nnc(-c2cccc(Cl)c2)[nH]c1=O)N1CCN(c2ccccc2F)CC1. The van der Waals surface area contributed by atoms with Gasteiger partial charge in [-0.1, -0.05) is 35.9 Å². The van der Waals surface area contributed by atoms with Gasteiger partial charge < -0.3 is 14.8 Å². The first-order chi connectivity index (χ1) is 15.0. The molecule has 0 bridgehead atoms. The molecule has 9 heteroatoms. The molecule has 0 atom stereocenters. The van der Waals surface area contributed by atoms with Gasteiger partial charge in [0.25, 0.3) is 5.56 Å². The second-order valence-electron chi connectivity index (χ2n) is 7.28. The van der Waals surface area contributed by atoms with E-state index in [1.165, 1.54) is 6.07 Å². The van der Waals surface area contributed by atoms with Gasteiger partial charge in [-0.05, 0) is 24.3 Å². The van der Waals surface area contributed by atoms with E-state index in [4.69, 9.17) is 11.6 Å². The third kappa shape index (κ3) is 4.91. The van der Waals surface area contributed by atoms with Gasteiger partial charge in [-0.2, -0.15) is 0 Å². The minimum atomic E-state index is -0.373. The van der Waals surface area contributed by atoms with Gasteiger partial charge in [-0.25, -0.2) is 4.39 Å². The number of H-pyrrole nitrogens is 1. The number of carbonyl (C=O) groups is 1. The van der Waals surface area contributed by atoms with Crippen LogP contribution in [0.2, 0.25) is 5.02 Å². The molecular weight excluding hydrogens is 421 g/mol. The maximum absolute atomic E-state index is 14.0. The van der Waals surface area contributed by atoms with Crippen LogP contribution in [-0.4, -0.2) is 52.2 Å². The lowest BCUT2D eigenvalue weighted by Gasteiger charge is -2.36. The third-order valence-corrected chi connectivity index (χ3v) is 5.50. The normalized spacial score (nSPS) is 14.0. The molecule has 7 nitrogen and oxygen atoms in total. The number of nitrogens with one attached hydrogen (secondary N) is 1. The largest absolute Gasteiger partial charge is 0.366 e. The highest BCUT2D eigenvalue weighted by Gasteiger charge is 2.23. The van der Waals surface area contributed by atoms with Crippen LogP contribution in [0.5, 0.6) is 0 Å². The number of piperazine rings is 1. The number of aromatic nitrogens is 3. The monoisotopic (exact) mass is 441 g/mol. The Balaban J connectivity index is 1.33. The summed E-state index contributed by atoms with van der Waals surface area (Å²) in [6.07, 6.45) is 0.360. The third-order valence-electron chi connectivity index (χ3n) is 5.26. The second-order valence-corrected chi connectivity index (χ2v) is 7.72. The molecule has 0 spiro atoms. The van der Waals surface area contributed by atoms with Gasteiger partial charge in [0, 0.05) is 49.6 Å². The number of aromatic amines is 1. The average Bonchev–Trinajstić information content (AvgIpc) is 2.78. The van der Waals surface area contributed by atoms with Crippen LogP contribution in [0.1, 0.15) is 12.1 Å². The van der Waals surface area contributed by atoms with E-state index >= 15 is 0 Å². The molecule has 4 rings (SSSR count). The van der Waals surface area contributed by atoms with Gasteiger partial charge in [0.2, 0.25) is 5.91 Å². The molecule has 3 aromatic rings. The van der Waals surface area contributed by atoms with Crippen molar-refractivity contribution < 1.29 is 9.18 Å². The number of anilines is 1. The molecule has 0 saturated carbocycles. The Bertz CT molecular complexity index is 1140. The number of carbonyl (C=O) groups excluding carboxylic acids is 1. The molecule has 31 heavy (non-hydrogen) atoms. The van der Waals surface area contributed by atoms with E-state index in [2.05, 4.69) is 15.2 Å². The number of halogens is 2. The number of rotatable bonds is 5. The Kier molecular flexibility index (Phi) is 6.27. The predicted molar refractivity (Wildman–Crippen MR) is 117 cm³/mol. The van der Waals surface area contributed by atoms with Crippen molar-refractivity contribution in [3.63, 3.8) is 0 Å². The van der Waals surface area contributed by atoms with Crippen LogP contribution >= 0.6 is 11.6 Å². The van der Waals surface area contributed by atoms with Crippen LogP contribution in [0.4, 0.5) is 10.1 Å². The Morgan fingerprint density at radius 1 is 1.06 bits per heavy atom. The highest BCUT2D eigenvalue weighted by Crippen LogP contribution is 2.21. The number of hydrogen-bond acceptors (Lipinski definition) is 5. The van der Waals surface area contributed by atoms with E-state index in [0.717, 1.165) is 0 Å². The summed E-state index contributed by atoms with van der Waals surface area (Å²) < 4.78 is 14.0. The van der Waals surface area contributed by atoms with E-state index in [-0.39, 0.29) is 35.8 Å². The molecule has 1 aromatic heterocycles. The number of aryl methyl sites for hydroxylation is 1. The fourth-order valence-electron chi connectivity index (χ4n) is 3.58. The van der Waals surface area contributed by atoms with Crippen molar-refractivity contribution in [1.29, 1.82) is 0 Å². The van der Waals surface area contributed by atoms with Gasteiger partial charge in [-0.15, -0.1) is 10.2 Å². The highest BCUT2D eigenvalue weighted by molar-refractivity contribution is 6.30. The summed E-state index contributed by atoms with van der Waals surface area (Å²) in [7, 11) is 0. The Morgan fingerprint density at radius 3 is 2.55 bits per heavy atom. The number of nitrogens with zero attached hydrogens (tertiary/aromatic N) is 4. The molecule has 2 aromatic carbocycles. The van der Waals surface area contributed by atoms with E-state index in [9.17, 15) is 14.0 Å². The van der Waals surface area contributed by atoms with E-state index in [1.807, 2.05) is 4.90 Å². The minimum Gasteiger partial charge on any atom is -0.366 e. The zero-order chi connectivity index (χ0) is 21.8. The van der Waals surface area contributed by atoms with Crippen molar-refractivity contribution >= 4 is 23.2 Å².